The lowest BCUT2D eigenvalue weighted by atomic mass is 9.94. The minimum atomic E-state index is -0.226. The van der Waals surface area contributed by atoms with Gasteiger partial charge in [0.25, 0.3) is 5.91 Å². The molecule has 0 bridgehead atoms. The molecule has 9 nitrogen and oxygen atoms in total. The van der Waals surface area contributed by atoms with E-state index in [2.05, 4.69) is 31.2 Å². The summed E-state index contributed by atoms with van der Waals surface area (Å²) in [5, 5.41) is 15.6. The maximum absolute atomic E-state index is 12.3. The molecule has 0 aromatic carbocycles. The van der Waals surface area contributed by atoms with E-state index >= 15 is 0 Å². The molecule has 0 radical (unpaired) electrons. The van der Waals surface area contributed by atoms with E-state index in [4.69, 9.17) is 10.1 Å². The van der Waals surface area contributed by atoms with Crippen molar-refractivity contribution in [1.29, 1.82) is 5.26 Å². The number of nitriles is 1. The zero-order chi connectivity index (χ0) is 19.3. The highest BCUT2D eigenvalue weighted by molar-refractivity contribution is 7.14. The third kappa shape index (κ3) is 4.27. The summed E-state index contributed by atoms with van der Waals surface area (Å²) in [5.41, 5.74) is 1.31. The largest absolute Gasteiger partial charge is 0.300 e. The number of rotatable bonds is 5. The van der Waals surface area contributed by atoms with Crippen LogP contribution in [0.2, 0.25) is 0 Å². The van der Waals surface area contributed by atoms with Crippen molar-refractivity contribution in [1.82, 2.24) is 24.9 Å². The maximum Gasteiger partial charge on any atom is 0.296 e. The molecular formula is C18H21N7O2S. The predicted octanol–water partition coefficient (Wildman–Crippen LogP) is 2.16. The van der Waals surface area contributed by atoms with E-state index < -0.39 is 0 Å². The van der Waals surface area contributed by atoms with Gasteiger partial charge in [0.15, 0.2) is 5.13 Å². The van der Waals surface area contributed by atoms with Crippen LogP contribution in [-0.2, 0) is 4.84 Å². The molecule has 2 saturated heterocycles. The number of hydrogen-bond donors (Lipinski definition) is 1. The maximum atomic E-state index is 12.3. The van der Waals surface area contributed by atoms with Crippen LogP contribution in [0.15, 0.2) is 17.6 Å². The third-order valence-corrected chi connectivity index (χ3v) is 5.57. The van der Waals surface area contributed by atoms with Crippen LogP contribution in [-0.4, -0.2) is 63.6 Å². The second kappa shape index (κ2) is 8.60. The SMILES string of the molecule is N#CCN1CCCC(c2ccnc(Nc3nc(C(=O)N4CCCO4)cs3)n2)C1. The summed E-state index contributed by atoms with van der Waals surface area (Å²) in [6.45, 7) is 3.39. The number of hydrogen-bond acceptors (Lipinski definition) is 9. The lowest BCUT2D eigenvalue weighted by molar-refractivity contribution is -0.0771. The molecule has 2 aliphatic rings. The molecule has 28 heavy (non-hydrogen) atoms. The molecular weight excluding hydrogens is 378 g/mol. The Morgan fingerprint density at radius 3 is 3.14 bits per heavy atom. The summed E-state index contributed by atoms with van der Waals surface area (Å²) in [6, 6.07) is 4.14. The highest BCUT2D eigenvalue weighted by Crippen LogP contribution is 2.27. The fraction of sp³-hybridized carbons (Fsp3) is 0.500. The van der Waals surface area contributed by atoms with Crippen LogP contribution in [0, 0.1) is 11.3 Å². The monoisotopic (exact) mass is 399 g/mol. The Bertz CT molecular complexity index is 875. The second-order valence-corrected chi connectivity index (χ2v) is 7.65. The van der Waals surface area contributed by atoms with Crippen LogP contribution in [0.5, 0.6) is 0 Å². The molecule has 10 heteroatoms. The van der Waals surface area contributed by atoms with Gasteiger partial charge in [0.1, 0.15) is 5.69 Å². The number of carbonyl (C=O) groups is 1. The van der Waals surface area contributed by atoms with Gasteiger partial charge < -0.3 is 5.32 Å². The number of amides is 1. The lowest BCUT2D eigenvalue weighted by Gasteiger charge is -2.30. The number of likely N-dealkylation sites (tertiary alicyclic amines) is 1. The molecule has 0 saturated carbocycles. The van der Waals surface area contributed by atoms with Crippen LogP contribution in [0.4, 0.5) is 11.1 Å². The fourth-order valence-corrected chi connectivity index (χ4v) is 4.14. The van der Waals surface area contributed by atoms with Gasteiger partial charge in [-0.3, -0.25) is 14.5 Å². The molecule has 2 aliphatic heterocycles. The summed E-state index contributed by atoms with van der Waals surface area (Å²) in [7, 11) is 0. The van der Waals surface area contributed by atoms with Gasteiger partial charge in [-0.25, -0.2) is 20.0 Å². The number of aromatic nitrogens is 3. The Balaban J connectivity index is 1.42. The predicted molar refractivity (Wildman–Crippen MR) is 103 cm³/mol. The van der Waals surface area contributed by atoms with Crippen molar-refractivity contribution in [3.8, 4) is 6.07 Å². The van der Waals surface area contributed by atoms with Crippen LogP contribution in [0.25, 0.3) is 0 Å². The van der Waals surface area contributed by atoms with Crippen LogP contribution in [0.3, 0.4) is 0 Å². The molecule has 2 aromatic heterocycles. The normalized spacial score (nSPS) is 20.1. The van der Waals surface area contributed by atoms with Gasteiger partial charge in [0.2, 0.25) is 5.95 Å². The standard InChI is InChI=1S/C18H21N7O2S/c19-5-9-24-7-1-3-13(11-24)14-4-6-20-17(21-14)23-18-22-15(12-28-18)16(26)25-8-2-10-27-25/h4,6,12-13H,1-3,7-11H2,(H,20,21,22,23). The number of anilines is 2. The fourth-order valence-electron chi connectivity index (χ4n) is 3.46. The van der Waals surface area contributed by atoms with Crippen molar-refractivity contribution in [3.63, 3.8) is 0 Å². The van der Waals surface area contributed by atoms with Crippen molar-refractivity contribution in [2.24, 2.45) is 0 Å². The molecule has 2 fully saturated rings. The van der Waals surface area contributed by atoms with Crippen molar-refractivity contribution >= 4 is 28.3 Å². The van der Waals surface area contributed by atoms with Gasteiger partial charge >= 0.3 is 0 Å². The van der Waals surface area contributed by atoms with Gasteiger partial charge in [0, 0.05) is 24.0 Å². The van der Waals surface area contributed by atoms with Crippen molar-refractivity contribution in [3.05, 3.63) is 29.0 Å². The number of hydroxylamine groups is 2. The quantitative estimate of drug-likeness (QED) is 0.762. The molecule has 0 spiro atoms. The van der Waals surface area contributed by atoms with E-state index in [9.17, 15) is 4.79 Å². The first kappa shape index (κ1) is 18.7. The topological polar surface area (TPSA) is 107 Å². The minimum Gasteiger partial charge on any atom is -0.300 e. The first-order valence-electron chi connectivity index (χ1n) is 9.32. The van der Waals surface area contributed by atoms with E-state index in [1.165, 1.54) is 16.4 Å². The van der Waals surface area contributed by atoms with Crippen molar-refractivity contribution in [2.45, 2.75) is 25.2 Å². The summed E-state index contributed by atoms with van der Waals surface area (Å²) in [6.07, 6.45) is 4.67. The van der Waals surface area contributed by atoms with E-state index in [1.807, 2.05) is 6.07 Å². The van der Waals surface area contributed by atoms with Gasteiger partial charge in [0.05, 0.1) is 31.5 Å². The minimum absolute atomic E-state index is 0.226. The van der Waals surface area contributed by atoms with Crippen LogP contribution in [0.1, 0.15) is 41.4 Å². The Morgan fingerprint density at radius 1 is 1.39 bits per heavy atom. The molecule has 2 aromatic rings. The average Bonchev–Trinajstić information content (AvgIpc) is 3.41. The molecule has 146 valence electrons. The molecule has 1 N–H and O–H groups in total. The van der Waals surface area contributed by atoms with Gasteiger partial charge in [-0.05, 0) is 31.9 Å². The van der Waals surface area contributed by atoms with Crippen LogP contribution >= 0.6 is 11.3 Å². The Labute approximate surface area is 166 Å². The van der Waals surface area contributed by atoms with Gasteiger partial charge in [-0.15, -0.1) is 11.3 Å². The average molecular weight is 399 g/mol. The van der Waals surface area contributed by atoms with E-state index in [0.717, 1.165) is 38.0 Å². The van der Waals surface area contributed by atoms with Crippen molar-refractivity contribution < 1.29 is 9.63 Å². The zero-order valence-corrected chi connectivity index (χ0v) is 16.2. The first-order chi connectivity index (χ1) is 13.7. The van der Waals surface area contributed by atoms with Gasteiger partial charge in [-0.1, -0.05) is 0 Å². The molecule has 4 heterocycles. The second-order valence-electron chi connectivity index (χ2n) is 6.79. The zero-order valence-electron chi connectivity index (χ0n) is 15.4. The van der Waals surface area contributed by atoms with E-state index in [-0.39, 0.29) is 11.8 Å². The number of nitrogens with one attached hydrogen (secondary N) is 1. The Hall–Kier alpha value is -2.61. The van der Waals surface area contributed by atoms with Gasteiger partial charge in [-0.2, -0.15) is 5.26 Å². The third-order valence-electron chi connectivity index (χ3n) is 4.82. The summed E-state index contributed by atoms with van der Waals surface area (Å²) in [5.74, 6) is 0.517. The molecule has 0 aliphatic carbocycles. The van der Waals surface area contributed by atoms with Crippen molar-refractivity contribution in [2.75, 3.05) is 38.1 Å². The lowest BCUT2D eigenvalue weighted by Crippen LogP contribution is -2.34. The number of nitrogens with zero attached hydrogens (tertiary/aromatic N) is 6. The van der Waals surface area contributed by atoms with E-state index in [1.54, 1.807) is 11.6 Å². The molecule has 4 rings (SSSR count). The molecule has 1 unspecified atom stereocenters. The first-order valence-corrected chi connectivity index (χ1v) is 10.2. The van der Waals surface area contributed by atoms with Crippen LogP contribution < -0.4 is 5.32 Å². The highest BCUT2D eigenvalue weighted by atomic mass is 32.1. The smallest absolute Gasteiger partial charge is 0.296 e. The summed E-state index contributed by atoms with van der Waals surface area (Å²) >= 11 is 1.33. The number of piperidine rings is 1. The molecule has 1 amide bonds. The summed E-state index contributed by atoms with van der Waals surface area (Å²) in [4.78, 5) is 33.0. The Morgan fingerprint density at radius 2 is 2.32 bits per heavy atom. The number of thiazole rings is 1. The number of carbonyl (C=O) groups excluding carboxylic acids is 1. The molecule has 1 atom stereocenters. The van der Waals surface area contributed by atoms with E-state index in [0.29, 0.717) is 36.5 Å². The highest BCUT2D eigenvalue weighted by Gasteiger charge is 2.24. The Kier molecular flexibility index (Phi) is 5.76. The summed E-state index contributed by atoms with van der Waals surface area (Å²) < 4.78 is 0.